The van der Waals surface area contributed by atoms with E-state index in [9.17, 15) is 0 Å². The van der Waals surface area contributed by atoms with E-state index in [1.54, 1.807) is 0 Å². The second-order valence-electron chi connectivity index (χ2n) is 11.7. The molecular weight excluding hydrogens is 583 g/mol. The number of thiophene rings is 2. The molecule has 7 aromatic carbocycles. The van der Waals surface area contributed by atoms with E-state index in [0.29, 0.717) is 0 Å². The molecule has 210 valence electrons. The molecule has 10 aromatic rings. The highest BCUT2D eigenvalue weighted by molar-refractivity contribution is 7.27. The molecule has 45 heavy (non-hydrogen) atoms. The molecule has 0 unspecified atom stereocenters. The van der Waals surface area contributed by atoms with Crippen LogP contribution in [0.25, 0.3) is 90.1 Å². The molecule has 0 spiro atoms. The molecule has 1 nitrogen and oxygen atoms in total. The number of rotatable bonds is 3. The van der Waals surface area contributed by atoms with Crippen molar-refractivity contribution in [2.24, 2.45) is 0 Å². The standard InChI is InChI=1S/C42H25NS2/c1-2-11-29(12-3-1)43-35-17-7-6-14-33(35)42-40(43)39-31(16-9-19-37(39)45-42)28-22-20-27(21-23-28)30-15-8-18-36-38(30)34-25-24-26-10-4-5-13-32(26)41(34)44-36/h1-25H. The van der Waals surface area contributed by atoms with Gasteiger partial charge in [-0.05, 0) is 63.4 Å². The predicted octanol–water partition coefficient (Wildman–Crippen LogP) is 12.9. The first-order valence-electron chi connectivity index (χ1n) is 15.3. The van der Waals surface area contributed by atoms with E-state index in [1.807, 2.05) is 22.7 Å². The Morgan fingerprint density at radius 2 is 1.02 bits per heavy atom. The molecule has 0 radical (unpaired) electrons. The summed E-state index contributed by atoms with van der Waals surface area (Å²) in [6, 6.07) is 55.6. The Hall–Kier alpha value is -5.22. The van der Waals surface area contributed by atoms with Crippen molar-refractivity contribution >= 4 is 84.8 Å². The Labute approximate surface area is 267 Å². The van der Waals surface area contributed by atoms with E-state index < -0.39 is 0 Å². The number of aromatic nitrogens is 1. The summed E-state index contributed by atoms with van der Waals surface area (Å²) in [5, 5.41) is 7.95. The van der Waals surface area contributed by atoms with Crippen LogP contribution in [0.3, 0.4) is 0 Å². The summed E-state index contributed by atoms with van der Waals surface area (Å²) in [6.07, 6.45) is 0. The zero-order chi connectivity index (χ0) is 29.5. The lowest BCUT2D eigenvalue weighted by Gasteiger charge is -2.11. The number of hydrogen-bond acceptors (Lipinski definition) is 2. The summed E-state index contributed by atoms with van der Waals surface area (Å²) in [5.41, 5.74) is 8.79. The van der Waals surface area contributed by atoms with E-state index >= 15 is 0 Å². The van der Waals surface area contributed by atoms with Crippen molar-refractivity contribution in [1.82, 2.24) is 4.57 Å². The lowest BCUT2D eigenvalue weighted by atomic mass is 9.95. The molecule has 0 N–H and O–H groups in total. The average molecular weight is 608 g/mol. The van der Waals surface area contributed by atoms with Gasteiger partial charge < -0.3 is 4.57 Å². The molecule has 0 bridgehead atoms. The quantitative estimate of drug-likeness (QED) is 0.188. The minimum absolute atomic E-state index is 1.19. The summed E-state index contributed by atoms with van der Waals surface area (Å²) in [5.74, 6) is 0. The fourth-order valence-electron chi connectivity index (χ4n) is 7.22. The summed E-state index contributed by atoms with van der Waals surface area (Å²) in [7, 11) is 0. The third-order valence-corrected chi connectivity index (χ3v) is 11.6. The van der Waals surface area contributed by atoms with Crippen LogP contribution in [0, 0.1) is 0 Å². The molecule has 0 fully saturated rings. The zero-order valence-corrected chi connectivity index (χ0v) is 25.8. The maximum Gasteiger partial charge on any atom is 0.0734 e. The third kappa shape index (κ3) is 3.66. The van der Waals surface area contributed by atoms with Gasteiger partial charge in [0.2, 0.25) is 0 Å². The smallest absolute Gasteiger partial charge is 0.0734 e. The molecular formula is C42H25NS2. The third-order valence-electron chi connectivity index (χ3n) is 9.21. The first-order valence-corrected chi connectivity index (χ1v) is 16.9. The minimum atomic E-state index is 1.19. The van der Waals surface area contributed by atoms with Crippen LogP contribution >= 0.6 is 22.7 Å². The van der Waals surface area contributed by atoms with Gasteiger partial charge in [-0.15, -0.1) is 22.7 Å². The van der Waals surface area contributed by atoms with Gasteiger partial charge in [0.25, 0.3) is 0 Å². The van der Waals surface area contributed by atoms with Crippen LogP contribution < -0.4 is 0 Å². The highest BCUT2D eigenvalue weighted by Crippen LogP contribution is 2.47. The lowest BCUT2D eigenvalue weighted by molar-refractivity contribution is 1.19. The largest absolute Gasteiger partial charge is 0.308 e. The summed E-state index contributed by atoms with van der Waals surface area (Å²) in [4.78, 5) is 0. The Morgan fingerprint density at radius 1 is 0.400 bits per heavy atom. The SMILES string of the molecule is c1ccc(-n2c3ccccc3c3sc4cccc(-c5ccc(-c6cccc7sc8c9ccccc9ccc8c67)cc5)c4c32)cc1. The van der Waals surface area contributed by atoms with Gasteiger partial charge in [0.15, 0.2) is 0 Å². The molecule has 0 atom stereocenters. The number of hydrogen-bond donors (Lipinski definition) is 0. The highest BCUT2D eigenvalue weighted by Gasteiger charge is 2.20. The molecule has 3 heteroatoms. The van der Waals surface area contributed by atoms with Gasteiger partial charge in [-0.2, -0.15) is 0 Å². The van der Waals surface area contributed by atoms with Gasteiger partial charge >= 0.3 is 0 Å². The number of benzene rings is 7. The Kier molecular flexibility index (Phi) is 5.39. The second kappa shape index (κ2) is 9.64. The van der Waals surface area contributed by atoms with Crippen molar-refractivity contribution in [1.29, 1.82) is 0 Å². The van der Waals surface area contributed by atoms with Crippen molar-refractivity contribution in [2.75, 3.05) is 0 Å². The molecule has 0 saturated carbocycles. The summed E-state index contributed by atoms with van der Waals surface area (Å²) < 4.78 is 7.82. The molecule has 0 aliphatic carbocycles. The maximum atomic E-state index is 2.45. The molecule has 3 heterocycles. The number of nitrogens with zero attached hydrogens (tertiary/aromatic N) is 1. The van der Waals surface area contributed by atoms with E-state index in [2.05, 4.69) is 156 Å². The van der Waals surface area contributed by atoms with E-state index in [1.165, 1.54) is 90.1 Å². The second-order valence-corrected chi connectivity index (χ2v) is 13.8. The zero-order valence-electron chi connectivity index (χ0n) is 24.2. The lowest BCUT2D eigenvalue weighted by Crippen LogP contribution is -1.93. The molecule has 0 amide bonds. The first-order chi connectivity index (χ1) is 22.3. The van der Waals surface area contributed by atoms with Crippen molar-refractivity contribution < 1.29 is 0 Å². The van der Waals surface area contributed by atoms with Crippen LogP contribution in [0.2, 0.25) is 0 Å². The van der Waals surface area contributed by atoms with Gasteiger partial charge in [0.05, 0.1) is 15.7 Å². The normalized spacial score (nSPS) is 12.0. The van der Waals surface area contributed by atoms with Crippen LogP contribution in [-0.4, -0.2) is 4.57 Å². The van der Waals surface area contributed by atoms with Gasteiger partial charge in [-0.1, -0.05) is 121 Å². The van der Waals surface area contributed by atoms with Crippen LogP contribution in [0.4, 0.5) is 0 Å². The van der Waals surface area contributed by atoms with Gasteiger partial charge in [-0.3, -0.25) is 0 Å². The highest BCUT2D eigenvalue weighted by atomic mass is 32.1. The van der Waals surface area contributed by atoms with Crippen LogP contribution in [0.5, 0.6) is 0 Å². The Bertz CT molecular complexity index is 2740. The first kappa shape index (κ1) is 25.1. The summed E-state index contributed by atoms with van der Waals surface area (Å²) in [6.45, 7) is 0. The van der Waals surface area contributed by atoms with Crippen molar-refractivity contribution in [2.45, 2.75) is 0 Å². The number of para-hydroxylation sites is 2. The van der Waals surface area contributed by atoms with Crippen LogP contribution in [-0.2, 0) is 0 Å². The van der Waals surface area contributed by atoms with E-state index in [0.717, 1.165) is 0 Å². The monoisotopic (exact) mass is 607 g/mol. The average Bonchev–Trinajstić information content (AvgIpc) is 3.78. The van der Waals surface area contributed by atoms with Gasteiger partial charge in [0, 0.05) is 41.3 Å². The van der Waals surface area contributed by atoms with Crippen molar-refractivity contribution in [3.63, 3.8) is 0 Å². The molecule has 0 aliphatic heterocycles. The maximum absolute atomic E-state index is 2.45. The Balaban J connectivity index is 1.18. The summed E-state index contributed by atoms with van der Waals surface area (Å²) >= 11 is 3.80. The van der Waals surface area contributed by atoms with Gasteiger partial charge in [-0.25, -0.2) is 0 Å². The van der Waals surface area contributed by atoms with Gasteiger partial charge in [0.1, 0.15) is 0 Å². The van der Waals surface area contributed by atoms with E-state index in [-0.39, 0.29) is 0 Å². The van der Waals surface area contributed by atoms with Crippen molar-refractivity contribution in [3.05, 3.63) is 152 Å². The molecule has 10 rings (SSSR count). The van der Waals surface area contributed by atoms with Crippen molar-refractivity contribution in [3.8, 4) is 27.9 Å². The fourth-order valence-corrected chi connectivity index (χ4v) is 9.73. The van der Waals surface area contributed by atoms with Crippen LogP contribution in [0.1, 0.15) is 0 Å². The molecule has 3 aromatic heterocycles. The topological polar surface area (TPSA) is 4.93 Å². The molecule has 0 saturated heterocycles. The van der Waals surface area contributed by atoms with E-state index in [4.69, 9.17) is 0 Å². The Morgan fingerprint density at radius 3 is 1.80 bits per heavy atom. The van der Waals surface area contributed by atoms with Crippen LogP contribution in [0.15, 0.2) is 152 Å². The predicted molar refractivity (Wildman–Crippen MR) is 197 cm³/mol. The molecule has 0 aliphatic rings. The number of fused-ring (bicyclic) bond motifs is 10. The fraction of sp³-hybridized carbons (Fsp3) is 0. The minimum Gasteiger partial charge on any atom is -0.308 e.